The molecule has 2 aromatic heterocycles. The van der Waals surface area contributed by atoms with E-state index in [1.165, 1.54) is 43.2 Å². The molecule has 0 N–H and O–H groups in total. The maximum absolute atomic E-state index is 6.61. The van der Waals surface area contributed by atoms with Crippen molar-refractivity contribution in [1.29, 1.82) is 0 Å². The summed E-state index contributed by atoms with van der Waals surface area (Å²) in [5, 5.41) is 2.08. The van der Waals surface area contributed by atoms with Crippen LogP contribution in [-0.2, 0) is 5.41 Å². The second-order valence-electron chi connectivity index (χ2n) is 16.2. The maximum atomic E-state index is 6.61. The van der Waals surface area contributed by atoms with Crippen molar-refractivity contribution in [2.45, 2.75) is 15.2 Å². The lowest BCUT2D eigenvalue weighted by Gasteiger charge is -2.39. The second-order valence-corrected chi connectivity index (χ2v) is 17.3. The molecule has 0 radical (unpaired) electrons. The highest BCUT2D eigenvalue weighted by Gasteiger charge is 2.50. The third-order valence-electron chi connectivity index (χ3n) is 12.8. The Morgan fingerprint density at radius 3 is 1.67 bits per heavy atom. The Labute approximate surface area is 368 Å². The number of hydrogen-bond acceptors (Lipinski definition) is 5. The molecule has 2 aliphatic rings. The van der Waals surface area contributed by atoms with Crippen LogP contribution < -0.4 is 0 Å². The Kier molecular flexibility index (Phi) is 8.02. The van der Waals surface area contributed by atoms with E-state index in [0.717, 1.165) is 60.9 Å². The molecule has 4 nitrogen and oxygen atoms in total. The summed E-state index contributed by atoms with van der Waals surface area (Å²) in [6, 6.07) is 75.6. The summed E-state index contributed by atoms with van der Waals surface area (Å²) in [6.45, 7) is 0. The topological polar surface area (TPSA) is 51.8 Å². The minimum absolute atomic E-state index is 0.472. The van der Waals surface area contributed by atoms with Gasteiger partial charge in [-0.2, -0.15) is 0 Å². The molecular formula is C58H35N3OS. The summed E-state index contributed by atoms with van der Waals surface area (Å²) in [5.74, 6) is 1.73. The number of benzene rings is 9. The number of rotatable bonds is 5. The summed E-state index contributed by atoms with van der Waals surface area (Å²) in [7, 11) is 0. The third kappa shape index (κ3) is 5.46. The van der Waals surface area contributed by atoms with Crippen molar-refractivity contribution < 1.29 is 4.42 Å². The minimum Gasteiger partial charge on any atom is -0.455 e. The molecule has 0 saturated heterocycles. The Balaban J connectivity index is 1.06. The van der Waals surface area contributed by atoms with E-state index in [0.29, 0.717) is 17.5 Å². The molecule has 0 atom stereocenters. The van der Waals surface area contributed by atoms with Crippen LogP contribution in [0, 0.1) is 0 Å². The zero-order valence-electron chi connectivity index (χ0n) is 33.9. The fourth-order valence-corrected chi connectivity index (χ4v) is 11.3. The number of nitrogens with zero attached hydrogens (tertiary/aromatic N) is 3. The summed E-state index contributed by atoms with van der Waals surface area (Å²) >= 11 is 1.86. The monoisotopic (exact) mass is 821 g/mol. The van der Waals surface area contributed by atoms with Crippen molar-refractivity contribution >= 4 is 33.7 Å². The predicted molar refractivity (Wildman–Crippen MR) is 256 cm³/mol. The maximum Gasteiger partial charge on any atom is 0.167 e. The van der Waals surface area contributed by atoms with E-state index in [2.05, 4.69) is 194 Å². The van der Waals surface area contributed by atoms with Gasteiger partial charge in [0.25, 0.3) is 0 Å². The lowest BCUT2D eigenvalue weighted by atomic mass is 9.67. The van der Waals surface area contributed by atoms with Gasteiger partial charge in [0.05, 0.1) is 11.0 Å². The number of fused-ring (bicyclic) bond motifs is 12. The standard InChI is InChI=1S/C58H35N3OS/c1-3-16-36(17-4-1)38-30-32-43(45(34-38)37-18-5-2-6-19-37)56-59-55(60-57(61-56)44-23-15-22-42-41-21-8-12-27-51(41)62-54(42)44)39-31-33-48-46(35-39)40-20-7-9-24-47(40)58(48)49-25-10-13-28-52(49)63-53-29-14-11-26-50(53)58/h1-35H. The summed E-state index contributed by atoms with van der Waals surface area (Å²) in [6.07, 6.45) is 0. The lowest BCUT2D eigenvalue weighted by Crippen LogP contribution is -2.31. The first-order chi connectivity index (χ1) is 31.2. The Hall–Kier alpha value is -7.86. The van der Waals surface area contributed by atoms with E-state index in [-0.39, 0.29) is 0 Å². The number of aromatic nitrogens is 3. The molecule has 0 amide bonds. The van der Waals surface area contributed by atoms with E-state index < -0.39 is 5.41 Å². The number of hydrogen-bond donors (Lipinski definition) is 0. The normalized spacial score (nSPS) is 13.1. The van der Waals surface area contributed by atoms with Crippen LogP contribution in [0.5, 0.6) is 0 Å². The largest absolute Gasteiger partial charge is 0.455 e. The van der Waals surface area contributed by atoms with E-state index in [1.807, 2.05) is 30.0 Å². The van der Waals surface area contributed by atoms with Crippen LogP contribution >= 0.6 is 11.8 Å². The zero-order valence-corrected chi connectivity index (χ0v) is 34.7. The third-order valence-corrected chi connectivity index (χ3v) is 14.0. The van der Waals surface area contributed by atoms with Gasteiger partial charge < -0.3 is 4.42 Å². The van der Waals surface area contributed by atoms with E-state index in [4.69, 9.17) is 19.4 Å². The first-order valence-corrected chi connectivity index (χ1v) is 22.1. The van der Waals surface area contributed by atoms with Gasteiger partial charge in [-0.25, -0.2) is 15.0 Å². The van der Waals surface area contributed by atoms with Gasteiger partial charge in [-0.05, 0) is 98.1 Å². The minimum atomic E-state index is -0.472. The molecule has 294 valence electrons. The van der Waals surface area contributed by atoms with E-state index >= 15 is 0 Å². The average molecular weight is 822 g/mol. The second kappa shape index (κ2) is 14.1. The highest BCUT2D eigenvalue weighted by atomic mass is 32.2. The molecule has 5 heteroatoms. The van der Waals surface area contributed by atoms with Crippen molar-refractivity contribution in [2.24, 2.45) is 0 Å². The molecule has 1 spiro atoms. The van der Waals surface area contributed by atoms with Gasteiger partial charge in [0, 0.05) is 31.7 Å². The molecule has 11 aromatic rings. The lowest BCUT2D eigenvalue weighted by molar-refractivity contribution is 0.669. The molecule has 0 saturated carbocycles. The molecule has 0 fully saturated rings. The van der Waals surface area contributed by atoms with E-state index in [9.17, 15) is 0 Å². The van der Waals surface area contributed by atoms with Crippen LogP contribution in [-0.4, -0.2) is 15.0 Å². The zero-order chi connectivity index (χ0) is 41.5. The highest BCUT2D eigenvalue weighted by molar-refractivity contribution is 7.99. The first kappa shape index (κ1) is 35.9. The Morgan fingerprint density at radius 2 is 0.889 bits per heavy atom. The van der Waals surface area contributed by atoms with Gasteiger partial charge in [-0.15, -0.1) is 0 Å². The molecule has 63 heavy (non-hydrogen) atoms. The predicted octanol–water partition coefficient (Wildman–Crippen LogP) is 14.9. The fraction of sp³-hybridized carbons (Fsp3) is 0.0172. The molecular weight excluding hydrogens is 787 g/mol. The quantitative estimate of drug-likeness (QED) is 0.173. The van der Waals surface area contributed by atoms with Crippen molar-refractivity contribution in [3.8, 4) is 67.5 Å². The van der Waals surface area contributed by atoms with Crippen molar-refractivity contribution in [2.75, 3.05) is 0 Å². The van der Waals surface area contributed by atoms with Crippen LogP contribution in [0.1, 0.15) is 22.3 Å². The van der Waals surface area contributed by atoms with Gasteiger partial charge in [0.1, 0.15) is 11.2 Å². The van der Waals surface area contributed by atoms with E-state index in [1.54, 1.807) is 0 Å². The van der Waals surface area contributed by atoms with Crippen molar-refractivity contribution in [3.05, 3.63) is 235 Å². The van der Waals surface area contributed by atoms with Crippen LogP contribution in [0.15, 0.2) is 227 Å². The van der Waals surface area contributed by atoms with Crippen molar-refractivity contribution in [1.82, 2.24) is 15.0 Å². The SMILES string of the molecule is c1ccc(-c2ccc(-c3nc(-c4ccc5c(c4)-c4ccccc4C54c5ccccc5Sc5ccccc54)nc(-c4cccc5c4oc4ccccc45)n3)c(-c3ccccc3)c2)cc1. The number of furan rings is 1. The Bertz CT molecular complexity index is 3570. The molecule has 9 aromatic carbocycles. The fourth-order valence-electron chi connectivity index (χ4n) is 10.1. The molecule has 3 heterocycles. The van der Waals surface area contributed by atoms with Gasteiger partial charge in [-0.3, -0.25) is 0 Å². The summed E-state index contributed by atoms with van der Waals surface area (Å²) < 4.78 is 6.61. The summed E-state index contributed by atoms with van der Waals surface area (Å²) in [5.41, 5.74) is 15.7. The number of para-hydroxylation sites is 2. The van der Waals surface area contributed by atoms with Gasteiger partial charge in [0.15, 0.2) is 17.5 Å². The smallest absolute Gasteiger partial charge is 0.167 e. The molecule has 0 unspecified atom stereocenters. The first-order valence-electron chi connectivity index (χ1n) is 21.3. The van der Waals surface area contributed by atoms with Gasteiger partial charge in [0.2, 0.25) is 0 Å². The van der Waals surface area contributed by atoms with Crippen molar-refractivity contribution in [3.63, 3.8) is 0 Å². The Morgan fingerprint density at radius 1 is 0.333 bits per heavy atom. The average Bonchev–Trinajstić information content (AvgIpc) is 3.88. The van der Waals surface area contributed by atoms with Crippen LogP contribution in [0.4, 0.5) is 0 Å². The molecule has 0 bridgehead atoms. The van der Waals surface area contributed by atoms with Crippen LogP contribution in [0.3, 0.4) is 0 Å². The molecule has 13 rings (SSSR count). The van der Waals surface area contributed by atoms with Crippen LogP contribution in [0.25, 0.3) is 89.5 Å². The summed E-state index contributed by atoms with van der Waals surface area (Å²) in [4.78, 5) is 18.7. The molecule has 1 aliphatic carbocycles. The van der Waals surface area contributed by atoms with Crippen LogP contribution in [0.2, 0.25) is 0 Å². The molecule has 1 aliphatic heterocycles. The van der Waals surface area contributed by atoms with Gasteiger partial charge in [-0.1, -0.05) is 182 Å². The highest BCUT2D eigenvalue weighted by Crippen LogP contribution is 2.62. The van der Waals surface area contributed by atoms with Gasteiger partial charge >= 0.3 is 0 Å².